The SMILES string of the molecule is O=C(Nc1ccc(O)c(-c2cc(C3CCC3)n(C(=O)NCc3ccc(Cl)c(Cl)c3)n2)c1)c1cnc2ccccc2n1. The van der Waals surface area contributed by atoms with Crippen molar-refractivity contribution in [1.29, 1.82) is 0 Å². The van der Waals surface area contributed by atoms with E-state index in [0.717, 1.165) is 30.5 Å². The van der Waals surface area contributed by atoms with Gasteiger partial charge in [0, 0.05) is 23.7 Å². The molecule has 11 heteroatoms. The summed E-state index contributed by atoms with van der Waals surface area (Å²) in [6.45, 7) is 0.236. The molecule has 2 amide bonds. The van der Waals surface area contributed by atoms with E-state index >= 15 is 0 Å². The Kier molecular flexibility index (Phi) is 7.30. The maximum absolute atomic E-state index is 13.2. The number of nitrogens with zero attached hydrogens (tertiary/aromatic N) is 4. The van der Waals surface area contributed by atoms with Crippen molar-refractivity contribution >= 4 is 51.9 Å². The molecule has 0 radical (unpaired) electrons. The highest BCUT2D eigenvalue weighted by Crippen LogP contribution is 2.39. The zero-order valence-electron chi connectivity index (χ0n) is 21.6. The van der Waals surface area contributed by atoms with Gasteiger partial charge >= 0.3 is 6.03 Å². The Labute approximate surface area is 245 Å². The molecule has 0 atom stereocenters. The quantitative estimate of drug-likeness (QED) is 0.188. The van der Waals surface area contributed by atoms with Crippen LogP contribution in [0.3, 0.4) is 0 Å². The number of fused-ring (bicyclic) bond motifs is 1. The molecule has 2 aromatic heterocycles. The Morgan fingerprint density at radius 3 is 2.54 bits per heavy atom. The number of carbonyl (C=O) groups excluding carboxylic acids is 2. The molecule has 1 aliphatic carbocycles. The Morgan fingerprint density at radius 1 is 0.976 bits per heavy atom. The minimum absolute atomic E-state index is 0.0329. The Balaban J connectivity index is 1.25. The van der Waals surface area contributed by atoms with Crippen LogP contribution < -0.4 is 10.6 Å². The number of aromatic hydroxyl groups is 1. The third-order valence-corrected chi connectivity index (χ3v) is 7.83. The molecule has 3 N–H and O–H groups in total. The van der Waals surface area contributed by atoms with Gasteiger partial charge in [-0.3, -0.25) is 9.78 Å². The monoisotopic (exact) mass is 586 g/mol. The van der Waals surface area contributed by atoms with Crippen molar-refractivity contribution in [3.63, 3.8) is 0 Å². The summed E-state index contributed by atoms with van der Waals surface area (Å²) in [5.41, 5.74) is 4.24. The molecule has 6 rings (SSSR count). The lowest BCUT2D eigenvalue weighted by Gasteiger charge is -2.25. The second-order valence-electron chi connectivity index (χ2n) is 9.83. The van der Waals surface area contributed by atoms with Crippen molar-refractivity contribution in [3.05, 3.63) is 99.9 Å². The third-order valence-electron chi connectivity index (χ3n) is 7.09. The van der Waals surface area contributed by atoms with Crippen molar-refractivity contribution in [2.45, 2.75) is 31.7 Å². The molecular formula is C30H24Cl2N6O3. The van der Waals surface area contributed by atoms with E-state index in [2.05, 4.69) is 25.7 Å². The lowest BCUT2D eigenvalue weighted by molar-refractivity contribution is 0.102. The van der Waals surface area contributed by atoms with E-state index in [0.29, 0.717) is 38.0 Å². The number of carbonyl (C=O) groups is 2. The molecule has 9 nitrogen and oxygen atoms in total. The normalized spacial score (nSPS) is 13.1. The molecular weight excluding hydrogens is 563 g/mol. The van der Waals surface area contributed by atoms with Crippen LogP contribution in [-0.4, -0.2) is 36.8 Å². The van der Waals surface area contributed by atoms with Crippen molar-refractivity contribution in [2.24, 2.45) is 0 Å². The maximum atomic E-state index is 13.2. The molecule has 0 spiro atoms. The number of aromatic nitrogens is 4. The zero-order chi connectivity index (χ0) is 28.5. The molecule has 2 heterocycles. The first-order chi connectivity index (χ1) is 19.9. The summed E-state index contributed by atoms with van der Waals surface area (Å²) in [5.74, 6) is -0.291. The van der Waals surface area contributed by atoms with E-state index in [1.54, 1.807) is 36.4 Å². The van der Waals surface area contributed by atoms with E-state index in [-0.39, 0.29) is 23.9 Å². The number of rotatable bonds is 6. The van der Waals surface area contributed by atoms with Crippen molar-refractivity contribution in [1.82, 2.24) is 25.1 Å². The van der Waals surface area contributed by atoms with Gasteiger partial charge in [0.15, 0.2) is 0 Å². The topological polar surface area (TPSA) is 122 Å². The number of hydrogen-bond acceptors (Lipinski definition) is 6. The average molecular weight is 587 g/mol. The molecule has 3 aromatic carbocycles. The number of phenols is 1. The van der Waals surface area contributed by atoms with Crippen LogP contribution in [0.15, 0.2) is 72.9 Å². The maximum Gasteiger partial charge on any atom is 0.342 e. The molecule has 0 saturated heterocycles. The number of halogens is 2. The van der Waals surface area contributed by atoms with E-state index in [1.807, 2.05) is 24.3 Å². The first-order valence-corrected chi connectivity index (χ1v) is 13.8. The number of para-hydroxylation sites is 2. The van der Waals surface area contributed by atoms with Crippen LogP contribution in [0.4, 0.5) is 10.5 Å². The highest BCUT2D eigenvalue weighted by molar-refractivity contribution is 6.42. The first-order valence-electron chi connectivity index (χ1n) is 13.0. The molecule has 41 heavy (non-hydrogen) atoms. The Bertz CT molecular complexity index is 1800. The molecule has 0 bridgehead atoms. The summed E-state index contributed by atoms with van der Waals surface area (Å²) in [4.78, 5) is 34.9. The third kappa shape index (κ3) is 5.59. The number of nitrogens with one attached hydrogen (secondary N) is 2. The van der Waals surface area contributed by atoms with Crippen LogP contribution >= 0.6 is 23.2 Å². The predicted octanol–water partition coefficient (Wildman–Crippen LogP) is 6.78. The number of hydrogen-bond donors (Lipinski definition) is 3. The highest BCUT2D eigenvalue weighted by atomic mass is 35.5. The molecule has 5 aromatic rings. The minimum atomic E-state index is -0.442. The van der Waals surface area contributed by atoms with Gasteiger partial charge in [-0.1, -0.05) is 47.8 Å². The number of phenolic OH excluding ortho intramolecular Hbond substituents is 1. The lowest BCUT2D eigenvalue weighted by Crippen LogP contribution is -2.31. The van der Waals surface area contributed by atoms with Crippen molar-refractivity contribution in [2.75, 3.05) is 5.32 Å². The fourth-order valence-electron chi connectivity index (χ4n) is 4.67. The second-order valence-corrected chi connectivity index (χ2v) is 10.6. The Morgan fingerprint density at radius 2 is 1.78 bits per heavy atom. The van der Waals surface area contributed by atoms with E-state index in [4.69, 9.17) is 23.2 Å². The predicted molar refractivity (Wildman–Crippen MR) is 158 cm³/mol. The van der Waals surface area contributed by atoms with Gasteiger partial charge in [0.05, 0.1) is 38.7 Å². The van der Waals surface area contributed by atoms with Crippen molar-refractivity contribution < 1.29 is 14.7 Å². The van der Waals surface area contributed by atoms with E-state index in [9.17, 15) is 14.7 Å². The molecule has 1 fully saturated rings. The van der Waals surface area contributed by atoms with Gasteiger partial charge in [0.2, 0.25) is 0 Å². The summed E-state index contributed by atoms with van der Waals surface area (Å²) in [6.07, 6.45) is 4.38. The highest BCUT2D eigenvalue weighted by Gasteiger charge is 2.28. The van der Waals surface area contributed by atoms with Crippen LogP contribution in [0.1, 0.15) is 46.9 Å². The van der Waals surface area contributed by atoms with Crippen LogP contribution in [0.5, 0.6) is 5.75 Å². The van der Waals surface area contributed by atoms with Gasteiger partial charge in [-0.2, -0.15) is 9.78 Å². The fraction of sp³-hybridized carbons (Fsp3) is 0.167. The average Bonchev–Trinajstić information content (AvgIpc) is 3.37. The van der Waals surface area contributed by atoms with Gasteiger partial charge in [-0.25, -0.2) is 9.78 Å². The van der Waals surface area contributed by atoms with E-state index < -0.39 is 11.9 Å². The fourth-order valence-corrected chi connectivity index (χ4v) is 4.99. The Hall–Kier alpha value is -4.47. The van der Waals surface area contributed by atoms with Gasteiger partial charge in [-0.05, 0) is 66.9 Å². The second kappa shape index (κ2) is 11.2. The standard InChI is InChI=1S/C30H24Cl2N6O3/c31-21-10-8-17(12-22(21)32)15-34-30(41)38-27(18-4-3-5-18)14-25(37-38)20-13-19(9-11-28(20)39)35-29(40)26-16-33-23-6-1-2-7-24(23)36-26/h1-2,6-14,16,18,39H,3-5,15H2,(H,34,41)(H,35,40). The molecule has 0 unspecified atom stereocenters. The summed E-state index contributed by atoms with van der Waals surface area (Å²) in [5, 5.41) is 21.8. The summed E-state index contributed by atoms with van der Waals surface area (Å²) in [6, 6.07) is 18.6. The van der Waals surface area contributed by atoms with Crippen molar-refractivity contribution in [3.8, 4) is 17.0 Å². The smallest absolute Gasteiger partial charge is 0.342 e. The van der Waals surface area contributed by atoms with Crippen LogP contribution in [-0.2, 0) is 6.54 Å². The number of anilines is 1. The lowest BCUT2D eigenvalue weighted by atomic mass is 9.82. The minimum Gasteiger partial charge on any atom is -0.507 e. The number of amides is 2. The van der Waals surface area contributed by atoms with Crippen LogP contribution in [0.25, 0.3) is 22.3 Å². The largest absolute Gasteiger partial charge is 0.507 e. The number of benzene rings is 3. The van der Waals surface area contributed by atoms with Gasteiger partial charge in [0.1, 0.15) is 11.4 Å². The van der Waals surface area contributed by atoms with Crippen LogP contribution in [0.2, 0.25) is 10.0 Å². The van der Waals surface area contributed by atoms with Crippen LogP contribution in [0, 0.1) is 0 Å². The molecule has 0 aliphatic heterocycles. The molecule has 206 valence electrons. The zero-order valence-corrected chi connectivity index (χ0v) is 23.2. The molecule has 1 aliphatic rings. The van der Waals surface area contributed by atoms with Gasteiger partial charge < -0.3 is 15.7 Å². The molecule has 1 saturated carbocycles. The van der Waals surface area contributed by atoms with Gasteiger partial charge in [0.25, 0.3) is 5.91 Å². The van der Waals surface area contributed by atoms with E-state index in [1.165, 1.54) is 16.9 Å². The van der Waals surface area contributed by atoms with Gasteiger partial charge in [-0.15, -0.1) is 0 Å². The first kappa shape index (κ1) is 26.7. The summed E-state index contributed by atoms with van der Waals surface area (Å²) < 4.78 is 1.35. The summed E-state index contributed by atoms with van der Waals surface area (Å²) in [7, 11) is 0. The summed E-state index contributed by atoms with van der Waals surface area (Å²) >= 11 is 12.1.